The number of carboxylic acid groups (broad SMARTS) is 1. The van der Waals surface area contributed by atoms with Crippen molar-refractivity contribution in [3.05, 3.63) is 30.3 Å². The second-order valence-electron chi connectivity index (χ2n) is 5.51. The number of alkyl halides is 2. The number of carbonyl (C=O) groups is 2. The molecule has 2 amide bonds. The molecule has 1 aromatic rings. The average Bonchev–Trinajstić information content (AvgIpc) is 2.49. The average molecular weight is 328 g/mol. The standard InChI is InChI=1S/C15H18F2N2O4/c1-10-9-19(14(21)22)8-7-12(10)18-13(20)15(16,17)23-11-5-3-2-4-6-11/h2-6,10,12H,7-9H2,1H3,(H,18,20)(H,21,22)/t10-,12-/m0/s1. The van der Waals surface area contributed by atoms with Gasteiger partial charge in [-0.05, 0) is 24.5 Å². The fourth-order valence-corrected chi connectivity index (χ4v) is 2.47. The van der Waals surface area contributed by atoms with Crippen molar-refractivity contribution in [2.24, 2.45) is 5.92 Å². The highest BCUT2D eigenvalue weighted by Gasteiger charge is 2.44. The molecule has 2 atom stereocenters. The van der Waals surface area contributed by atoms with Crippen LogP contribution in [0.1, 0.15) is 13.3 Å². The highest BCUT2D eigenvalue weighted by atomic mass is 19.3. The smallest absolute Gasteiger partial charge is 0.465 e. The molecule has 126 valence electrons. The lowest BCUT2D eigenvalue weighted by molar-refractivity contribution is -0.194. The van der Waals surface area contributed by atoms with E-state index in [1.54, 1.807) is 13.0 Å². The Morgan fingerprint density at radius 3 is 2.57 bits per heavy atom. The van der Waals surface area contributed by atoms with Crippen molar-refractivity contribution >= 4 is 12.0 Å². The Bertz CT molecular complexity index is 568. The van der Waals surface area contributed by atoms with Gasteiger partial charge in [0.2, 0.25) is 0 Å². The van der Waals surface area contributed by atoms with Crippen molar-refractivity contribution in [3.63, 3.8) is 0 Å². The minimum atomic E-state index is -4.00. The number of nitrogens with one attached hydrogen (secondary N) is 1. The van der Waals surface area contributed by atoms with Gasteiger partial charge in [0.25, 0.3) is 0 Å². The van der Waals surface area contributed by atoms with E-state index in [-0.39, 0.29) is 31.2 Å². The molecule has 1 fully saturated rings. The van der Waals surface area contributed by atoms with Crippen LogP contribution in [0.4, 0.5) is 13.6 Å². The highest BCUT2D eigenvalue weighted by Crippen LogP contribution is 2.23. The summed E-state index contributed by atoms with van der Waals surface area (Å²) in [6.07, 6.45) is -4.77. The Kier molecular flexibility index (Phi) is 5.02. The van der Waals surface area contributed by atoms with Crippen LogP contribution in [0, 0.1) is 5.92 Å². The molecule has 0 radical (unpaired) electrons. The zero-order valence-electron chi connectivity index (χ0n) is 12.5. The summed E-state index contributed by atoms with van der Waals surface area (Å²) >= 11 is 0. The second kappa shape index (κ2) is 6.80. The molecule has 0 bridgehead atoms. The van der Waals surface area contributed by atoms with Crippen LogP contribution >= 0.6 is 0 Å². The van der Waals surface area contributed by atoms with Gasteiger partial charge in [-0.15, -0.1) is 0 Å². The van der Waals surface area contributed by atoms with Gasteiger partial charge in [0, 0.05) is 19.1 Å². The molecule has 1 aliphatic heterocycles. The first-order valence-electron chi connectivity index (χ1n) is 7.20. The van der Waals surface area contributed by atoms with Crippen molar-refractivity contribution in [1.82, 2.24) is 10.2 Å². The van der Waals surface area contributed by atoms with Crippen LogP contribution in [0.15, 0.2) is 30.3 Å². The maximum Gasteiger partial charge on any atom is 0.482 e. The number of rotatable bonds is 4. The van der Waals surface area contributed by atoms with E-state index in [0.29, 0.717) is 0 Å². The topological polar surface area (TPSA) is 78.9 Å². The monoisotopic (exact) mass is 328 g/mol. The maximum absolute atomic E-state index is 13.9. The number of para-hydroxylation sites is 1. The van der Waals surface area contributed by atoms with Gasteiger partial charge >= 0.3 is 18.1 Å². The number of amides is 2. The number of carbonyl (C=O) groups excluding carboxylic acids is 1. The minimum Gasteiger partial charge on any atom is -0.465 e. The van der Waals surface area contributed by atoms with Crippen molar-refractivity contribution in [2.75, 3.05) is 13.1 Å². The molecule has 1 heterocycles. The molecular formula is C15H18F2N2O4. The third kappa shape index (κ3) is 4.30. The van der Waals surface area contributed by atoms with Crippen LogP contribution < -0.4 is 10.1 Å². The molecule has 23 heavy (non-hydrogen) atoms. The summed E-state index contributed by atoms with van der Waals surface area (Å²) in [6.45, 7) is 2.08. The molecule has 6 nitrogen and oxygen atoms in total. The van der Waals surface area contributed by atoms with E-state index in [9.17, 15) is 18.4 Å². The van der Waals surface area contributed by atoms with Gasteiger partial charge < -0.3 is 20.1 Å². The number of halogens is 2. The maximum atomic E-state index is 13.9. The van der Waals surface area contributed by atoms with E-state index in [1.807, 2.05) is 0 Å². The number of hydrogen-bond donors (Lipinski definition) is 2. The predicted molar refractivity (Wildman–Crippen MR) is 77.3 cm³/mol. The molecule has 0 spiro atoms. The summed E-state index contributed by atoms with van der Waals surface area (Å²) in [6, 6.07) is 6.82. The molecule has 8 heteroatoms. The first-order chi connectivity index (χ1) is 10.8. The van der Waals surface area contributed by atoms with E-state index < -0.39 is 24.2 Å². The van der Waals surface area contributed by atoms with Gasteiger partial charge in [0.15, 0.2) is 0 Å². The summed E-state index contributed by atoms with van der Waals surface area (Å²) in [5.74, 6) is -1.90. The van der Waals surface area contributed by atoms with Crippen LogP contribution in [-0.4, -0.2) is 47.2 Å². The largest absolute Gasteiger partial charge is 0.482 e. The molecule has 1 saturated heterocycles. The minimum absolute atomic E-state index is 0.110. The van der Waals surface area contributed by atoms with E-state index in [2.05, 4.69) is 10.1 Å². The molecule has 1 aliphatic rings. The molecule has 2 rings (SSSR count). The summed E-state index contributed by atoms with van der Waals surface area (Å²) in [7, 11) is 0. The van der Waals surface area contributed by atoms with Gasteiger partial charge in [0.1, 0.15) is 5.75 Å². The molecule has 1 aromatic carbocycles. The van der Waals surface area contributed by atoms with Gasteiger partial charge in [-0.1, -0.05) is 25.1 Å². The lowest BCUT2D eigenvalue weighted by Gasteiger charge is -2.36. The van der Waals surface area contributed by atoms with Crippen LogP contribution in [0.25, 0.3) is 0 Å². The Morgan fingerprint density at radius 2 is 2.00 bits per heavy atom. The number of piperidine rings is 1. The van der Waals surface area contributed by atoms with E-state index >= 15 is 0 Å². The second-order valence-corrected chi connectivity index (χ2v) is 5.51. The van der Waals surface area contributed by atoms with Crippen LogP contribution in [0.5, 0.6) is 5.75 Å². The van der Waals surface area contributed by atoms with Crippen molar-refractivity contribution in [1.29, 1.82) is 0 Å². The third-order valence-corrected chi connectivity index (χ3v) is 3.75. The van der Waals surface area contributed by atoms with Gasteiger partial charge in [-0.2, -0.15) is 8.78 Å². The lowest BCUT2D eigenvalue weighted by Crippen LogP contribution is -2.55. The summed E-state index contributed by atoms with van der Waals surface area (Å²) in [5.41, 5.74) is 0. The Balaban J connectivity index is 1.94. The normalized spacial score (nSPS) is 21.6. The summed E-state index contributed by atoms with van der Waals surface area (Å²) in [5, 5.41) is 11.2. The lowest BCUT2D eigenvalue weighted by atomic mass is 9.94. The summed E-state index contributed by atoms with van der Waals surface area (Å²) < 4.78 is 32.2. The fourth-order valence-electron chi connectivity index (χ4n) is 2.47. The van der Waals surface area contributed by atoms with Crippen molar-refractivity contribution in [2.45, 2.75) is 25.5 Å². The molecule has 2 N–H and O–H groups in total. The van der Waals surface area contributed by atoms with Crippen molar-refractivity contribution in [3.8, 4) is 5.75 Å². The quantitative estimate of drug-likeness (QED) is 0.888. The van der Waals surface area contributed by atoms with Gasteiger partial charge in [-0.25, -0.2) is 4.79 Å². The van der Waals surface area contributed by atoms with Crippen LogP contribution in [0.2, 0.25) is 0 Å². The van der Waals surface area contributed by atoms with Gasteiger partial charge in [-0.3, -0.25) is 4.79 Å². The summed E-state index contributed by atoms with van der Waals surface area (Å²) in [4.78, 5) is 23.9. The van der Waals surface area contributed by atoms with E-state index in [1.165, 1.54) is 29.2 Å². The number of nitrogens with zero attached hydrogens (tertiary/aromatic N) is 1. The highest BCUT2D eigenvalue weighted by molar-refractivity contribution is 5.82. The Morgan fingerprint density at radius 1 is 1.35 bits per heavy atom. The Labute approximate surface area is 132 Å². The first kappa shape index (κ1) is 17.0. The van der Waals surface area contributed by atoms with E-state index in [4.69, 9.17) is 5.11 Å². The Hall–Kier alpha value is -2.38. The molecule has 0 aliphatic carbocycles. The number of benzene rings is 1. The predicted octanol–water partition coefficient (Wildman–Crippen LogP) is 2.16. The van der Waals surface area contributed by atoms with Crippen molar-refractivity contribution < 1.29 is 28.2 Å². The zero-order chi connectivity index (χ0) is 17.0. The molecular weight excluding hydrogens is 310 g/mol. The zero-order valence-corrected chi connectivity index (χ0v) is 12.5. The SMILES string of the molecule is C[C@H]1CN(C(=O)O)CC[C@@H]1NC(=O)C(F)(F)Oc1ccccc1. The number of ether oxygens (including phenoxy) is 1. The molecule has 0 aromatic heterocycles. The number of hydrogen-bond acceptors (Lipinski definition) is 3. The molecule has 0 unspecified atom stereocenters. The van der Waals surface area contributed by atoms with E-state index in [0.717, 1.165) is 0 Å². The molecule has 0 saturated carbocycles. The number of likely N-dealkylation sites (tertiary alicyclic amines) is 1. The fraction of sp³-hybridized carbons (Fsp3) is 0.467. The third-order valence-electron chi connectivity index (χ3n) is 3.75. The van der Waals surface area contributed by atoms with Crippen LogP contribution in [0.3, 0.4) is 0 Å². The van der Waals surface area contributed by atoms with Gasteiger partial charge in [0.05, 0.1) is 0 Å². The first-order valence-corrected chi connectivity index (χ1v) is 7.20. The van der Waals surface area contributed by atoms with Crippen LogP contribution in [-0.2, 0) is 4.79 Å².